The van der Waals surface area contributed by atoms with Crippen molar-refractivity contribution in [2.24, 2.45) is 11.7 Å². The third-order valence-electron chi connectivity index (χ3n) is 11.1. The van der Waals surface area contributed by atoms with Crippen molar-refractivity contribution in [2.45, 2.75) is 89.4 Å². The zero-order chi connectivity index (χ0) is 34.9. The number of anilines is 2. The second kappa shape index (κ2) is 14.5. The number of benzene rings is 1. The van der Waals surface area contributed by atoms with Crippen LogP contribution >= 0.6 is 0 Å². The number of ether oxygens (including phenoxy) is 1. The van der Waals surface area contributed by atoms with Gasteiger partial charge >= 0.3 is 5.97 Å². The average molecular weight is 684 g/mol. The minimum absolute atomic E-state index is 0.0280. The second-order valence-electron chi connectivity index (χ2n) is 14.4. The van der Waals surface area contributed by atoms with Gasteiger partial charge in [-0.1, -0.05) is 13.0 Å². The standard InChI is InChI=1S/C38H49N7O5/c1-4-29-18-28(11-14-49-29)43-33-16-25(24-6-8-35(41-19-24)44-12-9-27(39)10-13-44)15-31(23(33)3)36(46)42-21-32-26-17-34(40-20-26)38(48)50-45-22(2)5-7-30(32)37(45)47/h5-8,15-16,19,26-29,32,34,40,43H,4,9-14,17-18,20-21,39H2,1-3H3,(H,42,46). The monoisotopic (exact) mass is 683 g/mol. The average Bonchev–Trinajstić information content (AvgIpc) is 3.62. The van der Waals surface area contributed by atoms with Gasteiger partial charge < -0.3 is 36.2 Å². The minimum atomic E-state index is -0.503. The van der Waals surface area contributed by atoms with Crippen molar-refractivity contribution in [2.75, 3.05) is 43.0 Å². The molecule has 0 saturated carbocycles. The van der Waals surface area contributed by atoms with E-state index in [-0.39, 0.29) is 48.0 Å². The number of piperidine rings is 1. The number of hydrogen-bond donors (Lipinski definition) is 4. The number of nitrogens with zero attached hydrogens (tertiary/aromatic N) is 3. The van der Waals surface area contributed by atoms with Gasteiger partial charge in [-0.25, -0.2) is 9.78 Å². The number of carbonyl (C=O) groups excluding carboxylic acids is 2. The summed E-state index contributed by atoms with van der Waals surface area (Å²) in [5.74, 6) is -0.0927. The highest BCUT2D eigenvalue weighted by Crippen LogP contribution is 2.33. The SMILES string of the molecule is CCC1CC(Nc2cc(-c3ccc(N4CCC(N)CC4)nc3)cc(C(=O)NCC3c4ccc(C)n(c4=O)OC(=O)C4CC3CN4)c2C)CCO1. The van der Waals surface area contributed by atoms with E-state index in [0.717, 1.165) is 78.1 Å². The molecule has 5 unspecified atom stereocenters. The molecule has 4 bridgehead atoms. The Labute approximate surface area is 293 Å². The Hall–Kier alpha value is -4.26. The van der Waals surface area contributed by atoms with E-state index in [4.69, 9.17) is 20.3 Å². The van der Waals surface area contributed by atoms with Crippen LogP contribution in [0.2, 0.25) is 0 Å². The van der Waals surface area contributed by atoms with Gasteiger partial charge in [-0.05, 0) is 106 Å². The van der Waals surface area contributed by atoms with Crippen LogP contribution in [-0.2, 0) is 9.53 Å². The number of rotatable bonds is 8. The van der Waals surface area contributed by atoms with Crippen molar-refractivity contribution >= 4 is 23.4 Å². The van der Waals surface area contributed by atoms with E-state index in [1.807, 2.05) is 25.3 Å². The summed E-state index contributed by atoms with van der Waals surface area (Å²) in [6.45, 7) is 9.12. The molecule has 2 aromatic heterocycles. The molecule has 0 radical (unpaired) electrons. The largest absolute Gasteiger partial charge is 0.382 e. The van der Waals surface area contributed by atoms with Crippen LogP contribution < -0.4 is 37.0 Å². The van der Waals surface area contributed by atoms with Crippen LogP contribution in [0.4, 0.5) is 11.5 Å². The van der Waals surface area contributed by atoms with Crippen LogP contribution in [0.25, 0.3) is 11.1 Å². The Morgan fingerprint density at radius 3 is 2.64 bits per heavy atom. The number of hydrogen-bond acceptors (Lipinski definition) is 10. The molecule has 4 aliphatic rings. The predicted octanol–water partition coefficient (Wildman–Crippen LogP) is 3.28. The first-order chi connectivity index (χ1) is 24.2. The first-order valence-electron chi connectivity index (χ1n) is 18.1. The molecule has 3 aromatic rings. The quantitative estimate of drug-likeness (QED) is 0.278. The van der Waals surface area contributed by atoms with Gasteiger partial charge in [0.05, 0.1) is 11.8 Å². The molecule has 0 spiro atoms. The van der Waals surface area contributed by atoms with Crippen LogP contribution in [-0.4, -0.2) is 78.6 Å². The summed E-state index contributed by atoms with van der Waals surface area (Å²) >= 11 is 0. The molecule has 3 saturated heterocycles. The molecule has 6 heterocycles. The molecule has 7 rings (SSSR count). The Morgan fingerprint density at radius 2 is 1.88 bits per heavy atom. The summed E-state index contributed by atoms with van der Waals surface area (Å²) in [5, 5.41) is 10.2. The fourth-order valence-electron chi connectivity index (χ4n) is 7.91. The molecule has 12 nitrogen and oxygen atoms in total. The van der Waals surface area contributed by atoms with E-state index in [1.165, 1.54) is 0 Å². The summed E-state index contributed by atoms with van der Waals surface area (Å²) in [4.78, 5) is 53.1. The highest BCUT2D eigenvalue weighted by molar-refractivity contribution is 5.99. The Balaban J connectivity index is 1.18. The highest BCUT2D eigenvalue weighted by Gasteiger charge is 2.39. The van der Waals surface area contributed by atoms with Crippen LogP contribution in [0.15, 0.2) is 47.4 Å². The van der Waals surface area contributed by atoms with E-state index in [2.05, 4.69) is 39.9 Å². The van der Waals surface area contributed by atoms with Crippen molar-refractivity contribution in [1.29, 1.82) is 0 Å². The van der Waals surface area contributed by atoms with Crippen molar-refractivity contribution in [3.8, 4) is 11.1 Å². The molecular weight excluding hydrogens is 634 g/mol. The van der Waals surface area contributed by atoms with Gasteiger partial charge in [0.25, 0.3) is 11.5 Å². The summed E-state index contributed by atoms with van der Waals surface area (Å²) in [6, 6.07) is 11.7. The van der Waals surface area contributed by atoms with Gasteiger partial charge in [-0.3, -0.25) is 9.59 Å². The van der Waals surface area contributed by atoms with Crippen LogP contribution in [0.5, 0.6) is 0 Å². The Morgan fingerprint density at radius 1 is 1.06 bits per heavy atom. The maximum atomic E-state index is 14.2. The second-order valence-corrected chi connectivity index (χ2v) is 14.4. The van der Waals surface area contributed by atoms with Crippen LogP contribution in [0.1, 0.15) is 78.5 Å². The van der Waals surface area contributed by atoms with Gasteiger partial charge in [0, 0.05) is 72.8 Å². The van der Waals surface area contributed by atoms with E-state index in [1.54, 1.807) is 19.1 Å². The normalized spacial score (nSPS) is 25.3. The number of nitrogens with one attached hydrogen (secondary N) is 3. The van der Waals surface area contributed by atoms with Crippen molar-refractivity contribution < 1.29 is 19.2 Å². The predicted molar refractivity (Wildman–Crippen MR) is 193 cm³/mol. The smallest absolute Gasteiger partial charge is 0.349 e. The lowest BCUT2D eigenvalue weighted by Gasteiger charge is -2.31. The van der Waals surface area contributed by atoms with Gasteiger partial charge in [-0.15, -0.1) is 4.73 Å². The van der Waals surface area contributed by atoms with Gasteiger partial charge in [-0.2, -0.15) is 0 Å². The van der Waals surface area contributed by atoms with Crippen molar-refractivity contribution in [3.05, 3.63) is 75.3 Å². The third kappa shape index (κ3) is 7.01. The summed E-state index contributed by atoms with van der Waals surface area (Å²) in [5.41, 5.74) is 11.0. The lowest BCUT2D eigenvalue weighted by Crippen LogP contribution is -2.43. The zero-order valence-corrected chi connectivity index (χ0v) is 29.2. The number of fused-ring (bicyclic) bond motifs is 4. The zero-order valence-electron chi connectivity index (χ0n) is 29.2. The number of pyridine rings is 2. The van der Waals surface area contributed by atoms with Crippen LogP contribution in [0, 0.1) is 19.8 Å². The Bertz CT molecular complexity index is 1790. The third-order valence-corrected chi connectivity index (χ3v) is 11.1. The van der Waals surface area contributed by atoms with Crippen LogP contribution in [0.3, 0.4) is 0 Å². The molecule has 5 N–H and O–H groups in total. The molecule has 0 aliphatic carbocycles. The molecule has 12 heteroatoms. The summed E-state index contributed by atoms with van der Waals surface area (Å²) in [6.07, 6.45) is 7.25. The van der Waals surface area contributed by atoms with Crippen molar-refractivity contribution in [3.63, 3.8) is 0 Å². The number of amides is 1. The van der Waals surface area contributed by atoms with E-state index in [9.17, 15) is 14.4 Å². The molecule has 3 fully saturated rings. The minimum Gasteiger partial charge on any atom is -0.382 e. The lowest BCUT2D eigenvalue weighted by atomic mass is 9.84. The molecule has 50 heavy (non-hydrogen) atoms. The molecule has 5 atom stereocenters. The highest BCUT2D eigenvalue weighted by atomic mass is 16.7. The number of nitrogens with two attached hydrogens (primary N) is 1. The maximum Gasteiger partial charge on any atom is 0.349 e. The van der Waals surface area contributed by atoms with Gasteiger partial charge in [0.2, 0.25) is 0 Å². The maximum absolute atomic E-state index is 14.2. The summed E-state index contributed by atoms with van der Waals surface area (Å²) < 4.78 is 7.02. The lowest BCUT2D eigenvalue weighted by molar-refractivity contribution is -0.147. The van der Waals surface area contributed by atoms with Gasteiger partial charge in [0.1, 0.15) is 11.9 Å². The van der Waals surface area contributed by atoms with E-state index < -0.39 is 12.0 Å². The van der Waals surface area contributed by atoms with Crippen molar-refractivity contribution in [1.82, 2.24) is 20.3 Å². The molecule has 1 amide bonds. The van der Waals surface area contributed by atoms with E-state index >= 15 is 0 Å². The molecular formula is C38H49N7O5. The number of aromatic nitrogens is 2. The Kier molecular flexibility index (Phi) is 9.94. The van der Waals surface area contributed by atoms with E-state index in [0.29, 0.717) is 36.4 Å². The number of aryl methyl sites for hydroxylation is 1. The fourth-order valence-corrected chi connectivity index (χ4v) is 7.91. The first kappa shape index (κ1) is 34.2. The molecule has 1 aromatic carbocycles. The first-order valence-corrected chi connectivity index (χ1v) is 18.1. The van der Waals surface area contributed by atoms with Gasteiger partial charge in [0.15, 0.2) is 0 Å². The molecule has 4 aliphatic heterocycles. The number of carbonyl (C=O) groups is 2. The topological polar surface area (TPSA) is 153 Å². The fraction of sp³-hybridized carbons (Fsp3) is 0.526. The molecule has 266 valence electrons. The summed E-state index contributed by atoms with van der Waals surface area (Å²) in [7, 11) is 0.